The van der Waals surface area contributed by atoms with Gasteiger partial charge in [-0.15, -0.1) is 0 Å². The largest absolute Gasteiger partial charge is 0.380 e. The molecular weight excluding hydrogens is 320 g/mol. The highest BCUT2D eigenvalue weighted by atomic mass is 79.9. The SMILES string of the molecule is CCCCn1ncc(NC2CCCC2CN)c(Br)c1=O. The van der Waals surface area contributed by atoms with Crippen LogP contribution in [0.2, 0.25) is 0 Å². The van der Waals surface area contributed by atoms with E-state index in [-0.39, 0.29) is 5.56 Å². The van der Waals surface area contributed by atoms with Crippen molar-refractivity contribution in [2.75, 3.05) is 11.9 Å². The van der Waals surface area contributed by atoms with Gasteiger partial charge in [-0.05, 0) is 47.7 Å². The van der Waals surface area contributed by atoms with Gasteiger partial charge < -0.3 is 11.1 Å². The fourth-order valence-electron chi connectivity index (χ4n) is 2.74. The quantitative estimate of drug-likeness (QED) is 0.832. The summed E-state index contributed by atoms with van der Waals surface area (Å²) in [6, 6.07) is 0.351. The average molecular weight is 343 g/mol. The van der Waals surface area contributed by atoms with Gasteiger partial charge in [-0.1, -0.05) is 19.8 Å². The van der Waals surface area contributed by atoms with Crippen molar-refractivity contribution in [3.8, 4) is 0 Å². The van der Waals surface area contributed by atoms with Crippen molar-refractivity contribution < 1.29 is 0 Å². The number of hydrogen-bond acceptors (Lipinski definition) is 4. The lowest BCUT2D eigenvalue weighted by atomic mass is 10.0. The molecule has 0 radical (unpaired) electrons. The molecule has 1 aromatic rings. The van der Waals surface area contributed by atoms with Crippen molar-refractivity contribution in [1.82, 2.24) is 9.78 Å². The first-order valence-electron chi connectivity index (χ1n) is 7.39. The summed E-state index contributed by atoms with van der Waals surface area (Å²) in [6.07, 6.45) is 7.21. The predicted octanol–water partition coefficient (Wildman–Crippen LogP) is 2.35. The molecule has 0 bridgehead atoms. The molecule has 20 heavy (non-hydrogen) atoms. The first-order chi connectivity index (χ1) is 9.67. The van der Waals surface area contributed by atoms with Crippen LogP contribution in [0.1, 0.15) is 39.0 Å². The minimum atomic E-state index is -0.0641. The molecule has 0 spiro atoms. The van der Waals surface area contributed by atoms with Crippen LogP contribution in [0.5, 0.6) is 0 Å². The molecule has 5 nitrogen and oxygen atoms in total. The second kappa shape index (κ2) is 7.22. The van der Waals surface area contributed by atoms with Crippen molar-refractivity contribution in [3.63, 3.8) is 0 Å². The average Bonchev–Trinajstić information content (AvgIpc) is 2.90. The van der Waals surface area contributed by atoms with E-state index in [0.717, 1.165) is 31.4 Å². The number of aromatic nitrogens is 2. The molecule has 1 aliphatic carbocycles. The Morgan fingerprint density at radius 2 is 2.35 bits per heavy atom. The second-order valence-corrected chi connectivity index (χ2v) is 6.22. The standard InChI is InChI=1S/C14H23BrN4O/c1-2-3-7-19-14(20)13(15)12(9-17-19)18-11-6-4-5-10(11)8-16/h9-11,18H,2-8,16H2,1H3. The van der Waals surface area contributed by atoms with E-state index in [9.17, 15) is 4.79 Å². The Bertz CT molecular complexity index is 502. The highest BCUT2D eigenvalue weighted by molar-refractivity contribution is 9.10. The molecule has 2 atom stereocenters. The maximum absolute atomic E-state index is 12.2. The predicted molar refractivity (Wildman–Crippen MR) is 84.9 cm³/mol. The van der Waals surface area contributed by atoms with Gasteiger partial charge in [0.1, 0.15) is 4.47 Å². The van der Waals surface area contributed by atoms with Gasteiger partial charge in [0.2, 0.25) is 0 Å². The molecule has 1 fully saturated rings. The molecule has 1 heterocycles. The molecule has 0 amide bonds. The molecule has 1 aromatic heterocycles. The summed E-state index contributed by atoms with van der Waals surface area (Å²) in [4.78, 5) is 12.2. The molecular formula is C14H23BrN4O. The number of nitrogens with two attached hydrogens (primary N) is 1. The third kappa shape index (κ3) is 3.41. The lowest BCUT2D eigenvalue weighted by Crippen LogP contribution is -2.31. The van der Waals surface area contributed by atoms with Crippen LogP contribution in [0.4, 0.5) is 5.69 Å². The fourth-order valence-corrected chi connectivity index (χ4v) is 3.16. The Morgan fingerprint density at radius 1 is 1.55 bits per heavy atom. The van der Waals surface area contributed by atoms with Gasteiger partial charge in [-0.3, -0.25) is 4.79 Å². The molecule has 112 valence electrons. The Labute approximate surface area is 128 Å². The Morgan fingerprint density at radius 3 is 3.05 bits per heavy atom. The third-order valence-electron chi connectivity index (χ3n) is 4.01. The van der Waals surface area contributed by atoms with E-state index in [1.165, 1.54) is 11.1 Å². The van der Waals surface area contributed by atoms with E-state index < -0.39 is 0 Å². The van der Waals surface area contributed by atoms with Crippen molar-refractivity contribution >= 4 is 21.6 Å². The number of aryl methyl sites for hydroxylation is 1. The summed E-state index contributed by atoms with van der Waals surface area (Å²) >= 11 is 3.41. The van der Waals surface area contributed by atoms with Crippen molar-refractivity contribution in [2.45, 2.75) is 51.6 Å². The van der Waals surface area contributed by atoms with Crippen LogP contribution in [-0.4, -0.2) is 22.4 Å². The molecule has 2 rings (SSSR count). The lowest BCUT2D eigenvalue weighted by molar-refractivity contribution is 0.513. The summed E-state index contributed by atoms with van der Waals surface area (Å²) < 4.78 is 2.10. The maximum atomic E-state index is 12.2. The zero-order valence-corrected chi connectivity index (χ0v) is 13.5. The van der Waals surface area contributed by atoms with Crippen LogP contribution in [0.15, 0.2) is 15.5 Å². The Hall–Kier alpha value is -0.880. The molecule has 1 aliphatic rings. The van der Waals surface area contributed by atoms with Crippen LogP contribution in [-0.2, 0) is 6.54 Å². The molecule has 0 aliphatic heterocycles. The number of nitrogens with zero attached hydrogens (tertiary/aromatic N) is 2. The minimum absolute atomic E-state index is 0.0641. The minimum Gasteiger partial charge on any atom is -0.380 e. The highest BCUT2D eigenvalue weighted by Gasteiger charge is 2.26. The van der Waals surface area contributed by atoms with Crippen molar-refractivity contribution in [3.05, 3.63) is 21.0 Å². The zero-order valence-electron chi connectivity index (χ0n) is 11.9. The number of halogens is 1. The van der Waals surface area contributed by atoms with Gasteiger partial charge in [-0.2, -0.15) is 5.10 Å². The summed E-state index contributed by atoms with van der Waals surface area (Å²) in [5.41, 5.74) is 6.51. The van der Waals surface area contributed by atoms with E-state index in [0.29, 0.717) is 29.5 Å². The molecule has 3 N–H and O–H groups in total. The maximum Gasteiger partial charge on any atom is 0.283 e. The highest BCUT2D eigenvalue weighted by Crippen LogP contribution is 2.29. The van der Waals surface area contributed by atoms with Crippen LogP contribution in [0, 0.1) is 5.92 Å². The summed E-state index contributed by atoms with van der Waals surface area (Å²) in [7, 11) is 0. The molecule has 6 heteroatoms. The first kappa shape index (κ1) is 15.5. The number of unbranched alkanes of at least 4 members (excludes halogenated alkanes) is 1. The summed E-state index contributed by atoms with van der Waals surface area (Å²) in [5, 5.41) is 7.68. The monoisotopic (exact) mass is 342 g/mol. The first-order valence-corrected chi connectivity index (χ1v) is 8.18. The van der Waals surface area contributed by atoms with Crippen LogP contribution < -0.4 is 16.6 Å². The number of hydrogen-bond donors (Lipinski definition) is 2. The third-order valence-corrected chi connectivity index (χ3v) is 4.78. The van der Waals surface area contributed by atoms with Gasteiger partial charge in [0, 0.05) is 12.6 Å². The molecule has 0 aromatic carbocycles. The van der Waals surface area contributed by atoms with E-state index in [1.807, 2.05) is 0 Å². The summed E-state index contributed by atoms with van der Waals surface area (Å²) in [5.74, 6) is 0.490. The van der Waals surface area contributed by atoms with Crippen LogP contribution >= 0.6 is 15.9 Å². The van der Waals surface area contributed by atoms with Gasteiger partial charge in [-0.25, -0.2) is 4.68 Å². The molecule has 1 saturated carbocycles. The van der Waals surface area contributed by atoms with E-state index >= 15 is 0 Å². The van der Waals surface area contributed by atoms with Crippen LogP contribution in [0.3, 0.4) is 0 Å². The lowest BCUT2D eigenvalue weighted by Gasteiger charge is -2.21. The number of rotatable bonds is 6. The van der Waals surface area contributed by atoms with Gasteiger partial charge in [0.15, 0.2) is 0 Å². The topological polar surface area (TPSA) is 72.9 Å². The van der Waals surface area contributed by atoms with E-state index in [2.05, 4.69) is 33.3 Å². The van der Waals surface area contributed by atoms with Gasteiger partial charge >= 0.3 is 0 Å². The number of anilines is 1. The normalized spacial score (nSPS) is 22.1. The Balaban J connectivity index is 2.13. The molecule has 2 unspecified atom stereocenters. The van der Waals surface area contributed by atoms with Crippen molar-refractivity contribution in [2.24, 2.45) is 11.7 Å². The number of nitrogens with one attached hydrogen (secondary N) is 1. The van der Waals surface area contributed by atoms with Crippen molar-refractivity contribution in [1.29, 1.82) is 0 Å². The molecule has 0 saturated heterocycles. The Kier molecular flexibility index (Phi) is 5.60. The zero-order chi connectivity index (χ0) is 14.5. The van der Waals surface area contributed by atoms with E-state index in [4.69, 9.17) is 5.73 Å². The van der Waals surface area contributed by atoms with Crippen LogP contribution in [0.25, 0.3) is 0 Å². The van der Waals surface area contributed by atoms with E-state index in [1.54, 1.807) is 6.20 Å². The van der Waals surface area contributed by atoms with Gasteiger partial charge in [0.25, 0.3) is 5.56 Å². The fraction of sp³-hybridized carbons (Fsp3) is 0.714. The smallest absolute Gasteiger partial charge is 0.283 e. The summed E-state index contributed by atoms with van der Waals surface area (Å²) in [6.45, 7) is 3.46. The second-order valence-electron chi connectivity index (χ2n) is 5.43. The van der Waals surface area contributed by atoms with Gasteiger partial charge in [0.05, 0.1) is 11.9 Å².